The number of carboxylic acids is 1. The van der Waals surface area contributed by atoms with Crippen molar-refractivity contribution in [2.45, 2.75) is 32.2 Å². The van der Waals surface area contributed by atoms with Gasteiger partial charge in [0.2, 0.25) is 5.91 Å². The molecule has 0 radical (unpaired) electrons. The summed E-state index contributed by atoms with van der Waals surface area (Å²) in [6, 6.07) is 8.98. The van der Waals surface area contributed by atoms with Crippen LogP contribution < -0.4 is 0 Å². The average molecular weight is 332 g/mol. The molecule has 0 saturated carbocycles. The standard InChI is InChI=1S/C18H24N2O4/c1-18(2,17(23)24)19(3)15(21)14-10-7-11-20(12-14)16(22)13-8-5-4-6-9-13/h4-6,8-9,14H,7,10-12H2,1-3H3,(H,23,24). The van der Waals surface area contributed by atoms with E-state index in [1.807, 2.05) is 18.2 Å². The zero-order chi connectivity index (χ0) is 17.9. The molecule has 1 heterocycles. The van der Waals surface area contributed by atoms with Gasteiger partial charge in [0.25, 0.3) is 5.91 Å². The van der Waals surface area contributed by atoms with E-state index in [4.69, 9.17) is 0 Å². The topological polar surface area (TPSA) is 77.9 Å². The van der Waals surface area contributed by atoms with E-state index >= 15 is 0 Å². The summed E-state index contributed by atoms with van der Waals surface area (Å²) in [5.41, 5.74) is -0.673. The lowest BCUT2D eigenvalue weighted by Gasteiger charge is -2.38. The number of nitrogens with zero attached hydrogens (tertiary/aromatic N) is 2. The monoisotopic (exact) mass is 332 g/mol. The molecule has 1 aliphatic heterocycles. The van der Waals surface area contributed by atoms with Crippen molar-refractivity contribution in [3.8, 4) is 0 Å². The molecule has 1 aromatic rings. The average Bonchev–Trinajstić information content (AvgIpc) is 2.60. The number of piperidine rings is 1. The van der Waals surface area contributed by atoms with E-state index in [1.54, 1.807) is 17.0 Å². The third-order valence-electron chi connectivity index (χ3n) is 4.77. The Morgan fingerprint density at radius 3 is 2.42 bits per heavy atom. The van der Waals surface area contributed by atoms with Gasteiger partial charge < -0.3 is 14.9 Å². The van der Waals surface area contributed by atoms with Gasteiger partial charge in [-0.25, -0.2) is 4.79 Å². The third kappa shape index (κ3) is 3.58. The van der Waals surface area contributed by atoms with E-state index in [0.717, 1.165) is 6.42 Å². The highest BCUT2D eigenvalue weighted by molar-refractivity contribution is 5.95. The molecule has 1 aliphatic rings. The Balaban J connectivity index is 2.09. The van der Waals surface area contributed by atoms with Crippen LogP contribution in [0.3, 0.4) is 0 Å². The molecule has 24 heavy (non-hydrogen) atoms. The van der Waals surface area contributed by atoms with Gasteiger partial charge in [-0.2, -0.15) is 0 Å². The van der Waals surface area contributed by atoms with Gasteiger partial charge in [0.15, 0.2) is 0 Å². The first-order chi connectivity index (χ1) is 11.2. The van der Waals surface area contributed by atoms with E-state index in [0.29, 0.717) is 25.1 Å². The molecule has 1 N–H and O–H groups in total. The molecule has 0 bridgehead atoms. The van der Waals surface area contributed by atoms with Gasteiger partial charge >= 0.3 is 5.97 Å². The molecule has 0 aliphatic carbocycles. The van der Waals surface area contributed by atoms with Crippen molar-refractivity contribution >= 4 is 17.8 Å². The Bertz CT molecular complexity index is 627. The number of carboxylic acid groups (broad SMARTS) is 1. The second-order valence-corrected chi connectivity index (χ2v) is 6.72. The van der Waals surface area contributed by atoms with Crippen molar-refractivity contribution in [3.05, 3.63) is 35.9 Å². The maximum absolute atomic E-state index is 12.7. The summed E-state index contributed by atoms with van der Waals surface area (Å²) in [4.78, 5) is 39.5. The number of rotatable bonds is 4. The summed E-state index contributed by atoms with van der Waals surface area (Å²) < 4.78 is 0. The van der Waals surface area contributed by atoms with Crippen LogP contribution in [0.15, 0.2) is 30.3 Å². The molecule has 1 saturated heterocycles. The van der Waals surface area contributed by atoms with Crippen molar-refractivity contribution in [1.29, 1.82) is 0 Å². The van der Waals surface area contributed by atoms with Crippen LogP contribution in [-0.4, -0.2) is 58.4 Å². The van der Waals surface area contributed by atoms with E-state index in [2.05, 4.69) is 0 Å². The van der Waals surface area contributed by atoms with Crippen molar-refractivity contribution in [2.75, 3.05) is 20.1 Å². The van der Waals surface area contributed by atoms with Crippen LogP contribution in [0.5, 0.6) is 0 Å². The predicted molar refractivity (Wildman–Crippen MR) is 89.6 cm³/mol. The highest BCUT2D eigenvalue weighted by Gasteiger charge is 2.39. The molecule has 1 atom stereocenters. The molecule has 0 aromatic heterocycles. The summed E-state index contributed by atoms with van der Waals surface area (Å²) in [7, 11) is 1.51. The van der Waals surface area contributed by atoms with Gasteiger partial charge in [0.1, 0.15) is 5.54 Å². The number of carbonyl (C=O) groups is 3. The number of likely N-dealkylation sites (N-methyl/N-ethyl adjacent to an activating group) is 1. The number of amides is 2. The van der Waals surface area contributed by atoms with Crippen LogP contribution in [0.1, 0.15) is 37.0 Å². The first-order valence-electron chi connectivity index (χ1n) is 8.10. The number of hydrogen-bond donors (Lipinski definition) is 1. The first kappa shape index (κ1) is 18.0. The molecule has 2 rings (SSSR count). The highest BCUT2D eigenvalue weighted by atomic mass is 16.4. The van der Waals surface area contributed by atoms with Gasteiger partial charge in [0, 0.05) is 25.7 Å². The van der Waals surface area contributed by atoms with E-state index in [1.165, 1.54) is 25.8 Å². The number of benzene rings is 1. The number of hydrogen-bond acceptors (Lipinski definition) is 3. The van der Waals surface area contributed by atoms with E-state index in [9.17, 15) is 19.5 Å². The summed E-state index contributed by atoms with van der Waals surface area (Å²) >= 11 is 0. The maximum atomic E-state index is 12.7. The number of aliphatic carboxylic acids is 1. The van der Waals surface area contributed by atoms with Crippen LogP contribution >= 0.6 is 0 Å². The lowest BCUT2D eigenvalue weighted by molar-refractivity contribution is -0.157. The zero-order valence-electron chi connectivity index (χ0n) is 14.4. The molecular weight excluding hydrogens is 308 g/mol. The third-order valence-corrected chi connectivity index (χ3v) is 4.77. The fourth-order valence-corrected chi connectivity index (χ4v) is 2.82. The van der Waals surface area contributed by atoms with Crippen LogP contribution in [0.2, 0.25) is 0 Å². The molecule has 2 amide bonds. The fourth-order valence-electron chi connectivity index (χ4n) is 2.82. The van der Waals surface area contributed by atoms with Gasteiger partial charge in [-0.05, 0) is 38.8 Å². The van der Waals surface area contributed by atoms with Crippen LogP contribution in [0, 0.1) is 5.92 Å². The Kier molecular flexibility index (Phi) is 5.26. The van der Waals surface area contributed by atoms with Gasteiger partial charge in [0.05, 0.1) is 5.92 Å². The maximum Gasteiger partial charge on any atom is 0.329 e. The minimum absolute atomic E-state index is 0.0896. The van der Waals surface area contributed by atoms with Crippen LogP contribution in [0.4, 0.5) is 0 Å². The highest BCUT2D eigenvalue weighted by Crippen LogP contribution is 2.23. The van der Waals surface area contributed by atoms with Crippen molar-refractivity contribution in [3.63, 3.8) is 0 Å². The van der Waals surface area contributed by atoms with E-state index < -0.39 is 11.5 Å². The largest absolute Gasteiger partial charge is 0.480 e. The molecule has 6 nitrogen and oxygen atoms in total. The normalized spacial score (nSPS) is 18.1. The SMILES string of the molecule is CN(C(=O)C1CCCN(C(=O)c2ccccc2)C1)C(C)(C)C(=O)O. The van der Waals surface area contributed by atoms with Crippen LogP contribution in [-0.2, 0) is 9.59 Å². The Hall–Kier alpha value is -2.37. The summed E-state index contributed by atoms with van der Waals surface area (Å²) in [5, 5.41) is 9.29. The quantitative estimate of drug-likeness (QED) is 0.913. The van der Waals surface area contributed by atoms with E-state index in [-0.39, 0.29) is 17.7 Å². The molecule has 1 unspecified atom stereocenters. The lowest BCUT2D eigenvalue weighted by Crippen LogP contribution is -2.55. The van der Waals surface area contributed by atoms with Gasteiger partial charge in [-0.15, -0.1) is 0 Å². The molecule has 6 heteroatoms. The van der Waals surface area contributed by atoms with Crippen molar-refractivity contribution in [2.24, 2.45) is 5.92 Å². The Morgan fingerprint density at radius 1 is 1.21 bits per heavy atom. The molecule has 0 spiro atoms. The first-order valence-corrected chi connectivity index (χ1v) is 8.10. The molecule has 1 fully saturated rings. The minimum atomic E-state index is -1.28. The smallest absolute Gasteiger partial charge is 0.329 e. The second kappa shape index (κ2) is 7.03. The Labute approximate surface area is 142 Å². The zero-order valence-corrected chi connectivity index (χ0v) is 14.4. The molecule has 1 aromatic carbocycles. The summed E-state index contributed by atoms with van der Waals surface area (Å²) in [5.74, 6) is -1.73. The molecular formula is C18H24N2O4. The van der Waals surface area contributed by atoms with Crippen LogP contribution in [0.25, 0.3) is 0 Å². The summed E-state index contributed by atoms with van der Waals surface area (Å²) in [6.07, 6.45) is 1.40. The predicted octanol–water partition coefficient (Wildman–Crippen LogP) is 1.86. The number of likely N-dealkylation sites (tertiary alicyclic amines) is 1. The summed E-state index contributed by atoms with van der Waals surface area (Å²) in [6.45, 7) is 3.95. The molecule has 130 valence electrons. The van der Waals surface area contributed by atoms with Gasteiger partial charge in [-0.3, -0.25) is 9.59 Å². The van der Waals surface area contributed by atoms with Crippen molar-refractivity contribution in [1.82, 2.24) is 9.80 Å². The number of carbonyl (C=O) groups excluding carboxylic acids is 2. The minimum Gasteiger partial charge on any atom is -0.480 e. The lowest BCUT2D eigenvalue weighted by atomic mass is 9.93. The Morgan fingerprint density at radius 2 is 1.83 bits per heavy atom. The fraction of sp³-hybridized carbons (Fsp3) is 0.500. The van der Waals surface area contributed by atoms with Gasteiger partial charge in [-0.1, -0.05) is 18.2 Å². The second-order valence-electron chi connectivity index (χ2n) is 6.72. The van der Waals surface area contributed by atoms with Crippen molar-refractivity contribution < 1.29 is 19.5 Å².